The Morgan fingerprint density at radius 3 is 2.71 bits per heavy atom. The summed E-state index contributed by atoms with van der Waals surface area (Å²) in [4.78, 5) is 22.6. The average Bonchev–Trinajstić information content (AvgIpc) is 2.87. The number of hydrogen-bond acceptors (Lipinski definition) is 5. The van der Waals surface area contributed by atoms with Crippen LogP contribution in [0.2, 0.25) is 4.34 Å². The van der Waals surface area contributed by atoms with Crippen LogP contribution < -0.4 is 5.32 Å². The predicted octanol–water partition coefficient (Wildman–Crippen LogP) is 4.43. The molecular formula is C14H11ClN2O3S. The highest BCUT2D eigenvalue weighted by atomic mass is 35.5. The fourth-order valence-corrected chi connectivity index (χ4v) is 2.62. The zero-order chi connectivity index (χ0) is 15.4. The number of nitrogens with zero attached hydrogens (tertiary/aromatic N) is 1. The Kier molecular flexibility index (Phi) is 4.72. The lowest BCUT2D eigenvalue weighted by Gasteiger charge is -2.04. The summed E-state index contributed by atoms with van der Waals surface area (Å²) in [5.74, 6) is -0.154. The minimum Gasteiger partial charge on any atom is -0.361 e. The van der Waals surface area contributed by atoms with Crippen molar-refractivity contribution in [2.75, 3.05) is 5.32 Å². The fourth-order valence-electron chi connectivity index (χ4n) is 1.66. The Morgan fingerprint density at radius 2 is 2.14 bits per heavy atom. The van der Waals surface area contributed by atoms with Gasteiger partial charge in [-0.3, -0.25) is 14.9 Å². The van der Waals surface area contributed by atoms with Gasteiger partial charge in [0.1, 0.15) is 0 Å². The minimum absolute atomic E-state index is 0.0336. The molecule has 0 fully saturated rings. The number of anilines is 1. The van der Waals surface area contributed by atoms with Gasteiger partial charge in [0.15, 0.2) is 5.78 Å². The van der Waals surface area contributed by atoms with E-state index < -0.39 is 4.92 Å². The third-order valence-corrected chi connectivity index (χ3v) is 3.96. The molecule has 0 saturated heterocycles. The number of halogens is 1. The molecule has 0 unspecified atom stereocenters. The van der Waals surface area contributed by atoms with Crippen LogP contribution in [0.3, 0.4) is 0 Å². The van der Waals surface area contributed by atoms with Crippen LogP contribution in [0.15, 0.2) is 42.6 Å². The monoisotopic (exact) mass is 322 g/mol. The molecule has 2 aromatic rings. The van der Waals surface area contributed by atoms with Gasteiger partial charge in [0.05, 0.1) is 14.1 Å². The summed E-state index contributed by atoms with van der Waals surface area (Å²) in [7, 11) is 0. The number of hydrogen-bond donors (Lipinski definition) is 1. The molecule has 0 spiro atoms. The number of carbonyl (C=O) groups excluding carboxylic acids is 1. The van der Waals surface area contributed by atoms with E-state index in [4.69, 9.17) is 11.6 Å². The number of ketones is 1. The Hall–Kier alpha value is -2.18. The second-order valence-electron chi connectivity index (χ2n) is 4.20. The van der Waals surface area contributed by atoms with Crippen molar-refractivity contribution in [3.8, 4) is 0 Å². The number of aryl methyl sites for hydroxylation is 1. The largest absolute Gasteiger partial charge is 0.361 e. The lowest BCUT2D eigenvalue weighted by Crippen LogP contribution is -1.96. The number of carbonyl (C=O) groups is 1. The molecule has 0 amide bonds. The molecule has 0 saturated carbocycles. The van der Waals surface area contributed by atoms with Crippen LogP contribution >= 0.6 is 22.9 Å². The number of benzene rings is 1. The SMILES string of the molecule is Cc1cc([N+](=O)[O-])ccc1N/C=C/C(=O)c1ccc(Cl)s1. The summed E-state index contributed by atoms with van der Waals surface area (Å²) in [5.41, 5.74) is 1.46. The van der Waals surface area contributed by atoms with Gasteiger partial charge in [0, 0.05) is 30.1 Å². The second kappa shape index (κ2) is 6.51. The smallest absolute Gasteiger partial charge is 0.269 e. The zero-order valence-electron chi connectivity index (χ0n) is 11.0. The first-order valence-corrected chi connectivity index (χ1v) is 7.14. The van der Waals surface area contributed by atoms with Crippen LogP contribution in [0.4, 0.5) is 11.4 Å². The minimum atomic E-state index is -0.448. The third-order valence-electron chi connectivity index (χ3n) is 2.71. The molecule has 5 nitrogen and oxygen atoms in total. The van der Waals surface area contributed by atoms with Crippen molar-refractivity contribution in [3.63, 3.8) is 0 Å². The van der Waals surface area contributed by atoms with E-state index in [1.54, 1.807) is 25.1 Å². The van der Waals surface area contributed by atoms with Crippen molar-refractivity contribution in [2.45, 2.75) is 6.92 Å². The van der Waals surface area contributed by atoms with E-state index in [-0.39, 0.29) is 11.5 Å². The summed E-state index contributed by atoms with van der Waals surface area (Å²) >= 11 is 6.98. The van der Waals surface area contributed by atoms with Crippen LogP contribution in [-0.4, -0.2) is 10.7 Å². The van der Waals surface area contributed by atoms with Crippen LogP contribution in [-0.2, 0) is 0 Å². The number of non-ortho nitro benzene ring substituents is 1. The first-order valence-electron chi connectivity index (χ1n) is 5.95. The molecule has 108 valence electrons. The molecule has 1 aromatic heterocycles. The van der Waals surface area contributed by atoms with Crippen LogP contribution in [0.5, 0.6) is 0 Å². The Bertz CT molecular complexity index is 725. The predicted molar refractivity (Wildman–Crippen MR) is 84.3 cm³/mol. The fraction of sp³-hybridized carbons (Fsp3) is 0.0714. The molecule has 0 atom stereocenters. The van der Waals surface area contributed by atoms with Gasteiger partial charge in [-0.25, -0.2) is 0 Å². The van der Waals surface area contributed by atoms with E-state index >= 15 is 0 Å². The van der Waals surface area contributed by atoms with Crippen molar-refractivity contribution >= 4 is 40.1 Å². The molecule has 0 radical (unpaired) electrons. The summed E-state index contributed by atoms with van der Waals surface area (Å²) in [6.07, 6.45) is 2.90. The van der Waals surface area contributed by atoms with Gasteiger partial charge < -0.3 is 5.32 Å². The molecule has 0 aliphatic carbocycles. The van der Waals surface area contributed by atoms with Crippen LogP contribution in [0.25, 0.3) is 0 Å². The number of nitrogens with one attached hydrogen (secondary N) is 1. The Balaban J connectivity index is 2.04. The van der Waals surface area contributed by atoms with Gasteiger partial charge in [0.2, 0.25) is 0 Å². The maximum absolute atomic E-state index is 11.8. The molecule has 0 aliphatic heterocycles. The molecule has 21 heavy (non-hydrogen) atoms. The lowest BCUT2D eigenvalue weighted by atomic mass is 10.2. The molecule has 1 N–H and O–H groups in total. The quantitative estimate of drug-likeness (QED) is 0.382. The average molecular weight is 323 g/mol. The first-order chi connectivity index (χ1) is 9.97. The van der Waals surface area contributed by atoms with Crippen molar-refractivity contribution < 1.29 is 9.72 Å². The normalized spacial score (nSPS) is 10.8. The Morgan fingerprint density at radius 1 is 1.38 bits per heavy atom. The molecule has 1 aromatic carbocycles. The highest BCUT2D eigenvalue weighted by molar-refractivity contribution is 7.18. The summed E-state index contributed by atoms with van der Waals surface area (Å²) in [6, 6.07) is 7.81. The third kappa shape index (κ3) is 3.90. The van der Waals surface area contributed by atoms with E-state index in [2.05, 4.69) is 5.32 Å². The number of nitro benzene ring substituents is 1. The highest BCUT2D eigenvalue weighted by Crippen LogP contribution is 2.23. The second-order valence-corrected chi connectivity index (χ2v) is 5.92. The number of thiophene rings is 1. The summed E-state index contributed by atoms with van der Waals surface area (Å²) in [5, 5.41) is 13.6. The molecular weight excluding hydrogens is 312 g/mol. The van der Waals surface area contributed by atoms with E-state index in [0.29, 0.717) is 14.9 Å². The number of nitro groups is 1. The number of rotatable bonds is 5. The van der Waals surface area contributed by atoms with Gasteiger partial charge in [-0.2, -0.15) is 0 Å². The Labute approximate surface area is 130 Å². The van der Waals surface area contributed by atoms with Crippen molar-refractivity contribution in [3.05, 3.63) is 67.5 Å². The molecule has 7 heteroatoms. The maximum atomic E-state index is 11.8. The first kappa shape index (κ1) is 15.2. The summed E-state index contributed by atoms with van der Waals surface area (Å²) in [6.45, 7) is 1.75. The van der Waals surface area contributed by atoms with Gasteiger partial charge in [-0.15, -0.1) is 11.3 Å². The van der Waals surface area contributed by atoms with E-state index in [1.165, 1.54) is 35.7 Å². The molecule has 0 aliphatic rings. The molecule has 1 heterocycles. The van der Waals surface area contributed by atoms with E-state index in [9.17, 15) is 14.9 Å². The van der Waals surface area contributed by atoms with Crippen molar-refractivity contribution in [1.82, 2.24) is 0 Å². The maximum Gasteiger partial charge on any atom is 0.269 e. The summed E-state index contributed by atoms with van der Waals surface area (Å²) < 4.78 is 0.561. The van der Waals surface area contributed by atoms with Gasteiger partial charge in [-0.05, 0) is 30.7 Å². The molecule has 2 rings (SSSR count). The highest BCUT2D eigenvalue weighted by Gasteiger charge is 2.07. The van der Waals surface area contributed by atoms with Gasteiger partial charge in [-0.1, -0.05) is 11.6 Å². The van der Waals surface area contributed by atoms with E-state index in [1.807, 2.05) is 0 Å². The van der Waals surface area contributed by atoms with Crippen LogP contribution in [0.1, 0.15) is 15.2 Å². The van der Waals surface area contributed by atoms with Gasteiger partial charge in [0.25, 0.3) is 5.69 Å². The number of allylic oxidation sites excluding steroid dienone is 1. The van der Waals surface area contributed by atoms with Crippen molar-refractivity contribution in [1.29, 1.82) is 0 Å². The zero-order valence-corrected chi connectivity index (χ0v) is 12.6. The topological polar surface area (TPSA) is 72.2 Å². The standard InChI is InChI=1S/C14H11ClN2O3S/c1-9-8-10(17(19)20)2-3-11(9)16-7-6-12(18)13-4-5-14(15)21-13/h2-8,16H,1H3/b7-6+. The van der Waals surface area contributed by atoms with E-state index in [0.717, 1.165) is 5.56 Å². The molecule has 0 bridgehead atoms. The lowest BCUT2D eigenvalue weighted by molar-refractivity contribution is -0.384. The van der Waals surface area contributed by atoms with Crippen LogP contribution in [0, 0.1) is 17.0 Å². The van der Waals surface area contributed by atoms with Gasteiger partial charge >= 0.3 is 0 Å². The van der Waals surface area contributed by atoms with Crippen molar-refractivity contribution in [2.24, 2.45) is 0 Å².